The standard InChI is InChI=1S/4C3H10O2Si.Ti/c4*1-6(2,3)5-4;/h4*4H,1-3H3;/q;;;;+4/p-4. The van der Waals surface area contributed by atoms with Gasteiger partial charge in [0.2, 0.25) is 0 Å². The fraction of sp³-hybridized carbons (Fsp3) is 1.00. The fourth-order valence-corrected chi connectivity index (χ4v) is 9.05. The van der Waals surface area contributed by atoms with E-state index in [0.29, 0.717) is 0 Å². The first-order valence-corrected chi connectivity index (χ1v) is 24.5. The van der Waals surface area contributed by atoms with E-state index in [1.54, 1.807) is 0 Å². The molecule has 0 N–H and O–H groups in total. The molecule has 0 aromatic carbocycles. The molecule has 0 fully saturated rings. The van der Waals surface area contributed by atoms with Crippen molar-refractivity contribution in [3.63, 3.8) is 0 Å². The number of hydrogen-bond acceptors (Lipinski definition) is 8. The molecular formula is C12H36O8Si4Ti. The third-order valence-electron chi connectivity index (χ3n) is 1.57. The van der Waals surface area contributed by atoms with Gasteiger partial charge in [-0.25, -0.2) is 0 Å². The average molecular weight is 469 g/mol. The van der Waals surface area contributed by atoms with Gasteiger partial charge >= 0.3 is 162 Å². The van der Waals surface area contributed by atoms with Crippen LogP contribution in [0.25, 0.3) is 0 Å². The van der Waals surface area contributed by atoms with Crippen LogP contribution in [0, 0.1) is 0 Å². The summed E-state index contributed by atoms with van der Waals surface area (Å²) in [5.41, 5.74) is 0. The Bertz CT molecular complexity index is 322. The minimum atomic E-state index is -4.60. The van der Waals surface area contributed by atoms with Crippen molar-refractivity contribution in [1.82, 2.24) is 0 Å². The molecule has 0 bridgehead atoms. The quantitative estimate of drug-likeness (QED) is 0.227. The Balaban J connectivity index is 5.41. The minimum absolute atomic E-state index is 1.97. The third-order valence-corrected chi connectivity index (χ3v) is 6.74. The second kappa shape index (κ2) is 9.65. The van der Waals surface area contributed by atoms with E-state index in [1.165, 1.54) is 0 Å². The van der Waals surface area contributed by atoms with Crippen LogP contribution in [0.3, 0.4) is 0 Å². The maximum atomic E-state index is 5.55. The Kier molecular flexibility index (Phi) is 10.1. The summed E-state index contributed by atoms with van der Waals surface area (Å²) in [7, 11) is -8.16. The van der Waals surface area contributed by atoms with E-state index in [1.807, 2.05) is 78.6 Å². The van der Waals surface area contributed by atoms with Crippen LogP contribution in [0.15, 0.2) is 0 Å². The molecule has 0 aliphatic rings. The Hall–Kier alpha value is 1.26. The van der Waals surface area contributed by atoms with Crippen LogP contribution in [0.1, 0.15) is 0 Å². The average Bonchev–Trinajstić information content (AvgIpc) is 2.33. The Morgan fingerprint density at radius 2 is 0.520 bits per heavy atom. The van der Waals surface area contributed by atoms with Gasteiger partial charge in [0.25, 0.3) is 0 Å². The van der Waals surface area contributed by atoms with E-state index in [4.69, 9.17) is 32.2 Å². The van der Waals surface area contributed by atoms with Crippen LogP contribution in [-0.2, 0) is 50.3 Å². The van der Waals surface area contributed by atoms with Gasteiger partial charge in [-0.05, 0) is 0 Å². The zero-order valence-corrected chi connectivity index (χ0v) is 23.3. The Morgan fingerprint density at radius 3 is 0.640 bits per heavy atom. The van der Waals surface area contributed by atoms with Crippen LogP contribution < -0.4 is 0 Å². The van der Waals surface area contributed by atoms with Gasteiger partial charge in [-0.1, -0.05) is 0 Å². The zero-order valence-electron chi connectivity index (χ0n) is 17.8. The normalized spacial score (nSPS) is 14.9. The van der Waals surface area contributed by atoms with Gasteiger partial charge in [0.15, 0.2) is 0 Å². The summed E-state index contributed by atoms with van der Waals surface area (Å²) in [5.74, 6) is 0. The molecule has 0 saturated carbocycles. The summed E-state index contributed by atoms with van der Waals surface area (Å²) >= 11 is -4.60. The molecule has 0 aromatic heterocycles. The van der Waals surface area contributed by atoms with Crippen molar-refractivity contribution in [2.75, 3.05) is 0 Å². The summed E-state index contributed by atoms with van der Waals surface area (Å²) in [6.07, 6.45) is 0. The SMILES string of the molecule is C[Si](C)(C)O[O][Ti]([O]O[Si](C)(C)C)([O]O[Si](C)(C)C)[O]O[Si](C)(C)C. The summed E-state index contributed by atoms with van der Waals surface area (Å²) in [5, 5.41) is 0. The second-order valence-corrected chi connectivity index (χ2v) is 29.8. The second-order valence-electron chi connectivity index (χ2n) is 9.62. The Labute approximate surface area is 161 Å². The zero-order chi connectivity index (χ0) is 20.2. The van der Waals surface area contributed by atoms with Crippen molar-refractivity contribution in [2.45, 2.75) is 78.6 Å². The molecule has 0 unspecified atom stereocenters. The molecule has 0 aliphatic carbocycles. The van der Waals surface area contributed by atoms with Crippen molar-refractivity contribution in [1.29, 1.82) is 0 Å². The fourth-order valence-electron chi connectivity index (χ4n) is 0.787. The van der Waals surface area contributed by atoms with Gasteiger partial charge in [-0.3, -0.25) is 0 Å². The maximum absolute atomic E-state index is 5.55. The predicted octanol–water partition coefficient (Wildman–Crippen LogP) is 4.93. The molecule has 0 radical (unpaired) electrons. The molecule has 0 rings (SSSR count). The molecule has 0 aliphatic heterocycles. The topological polar surface area (TPSA) is 73.8 Å². The molecule has 0 heterocycles. The first-order valence-electron chi connectivity index (χ1n) is 8.30. The molecule has 0 spiro atoms. The molecule has 0 aromatic rings. The van der Waals surface area contributed by atoms with Gasteiger partial charge in [-0.2, -0.15) is 0 Å². The summed E-state index contributed by atoms with van der Waals surface area (Å²) in [6, 6.07) is 0. The van der Waals surface area contributed by atoms with Crippen molar-refractivity contribution in [3.05, 3.63) is 0 Å². The molecule has 0 amide bonds. The van der Waals surface area contributed by atoms with E-state index < -0.39 is 51.4 Å². The van der Waals surface area contributed by atoms with Crippen molar-refractivity contribution in [3.8, 4) is 0 Å². The number of rotatable bonds is 12. The van der Waals surface area contributed by atoms with Crippen molar-refractivity contribution in [2.24, 2.45) is 0 Å². The summed E-state index contributed by atoms with van der Waals surface area (Å²) in [4.78, 5) is 0. The molecule has 13 heteroatoms. The van der Waals surface area contributed by atoms with Gasteiger partial charge in [0.05, 0.1) is 0 Å². The van der Waals surface area contributed by atoms with Gasteiger partial charge in [0, 0.05) is 0 Å². The van der Waals surface area contributed by atoms with Gasteiger partial charge < -0.3 is 0 Å². The monoisotopic (exact) mass is 468 g/mol. The first-order chi connectivity index (χ1) is 10.8. The summed E-state index contributed by atoms with van der Waals surface area (Å²) in [6.45, 7) is 23.6. The van der Waals surface area contributed by atoms with E-state index >= 15 is 0 Å². The van der Waals surface area contributed by atoms with E-state index in [2.05, 4.69) is 0 Å². The molecule has 8 nitrogen and oxygen atoms in total. The van der Waals surface area contributed by atoms with Crippen LogP contribution in [0.5, 0.6) is 0 Å². The summed E-state index contributed by atoms with van der Waals surface area (Å²) < 4.78 is 44.4. The molecule has 0 atom stereocenters. The Morgan fingerprint density at radius 1 is 0.360 bits per heavy atom. The number of hydrogen-bond donors (Lipinski definition) is 0. The van der Waals surface area contributed by atoms with E-state index in [9.17, 15) is 0 Å². The van der Waals surface area contributed by atoms with Crippen LogP contribution >= 0.6 is 0 Å². The van der Waals surface area contributed by atoms with Crippen LogP contribution in [-0.4, -0.2) is 33.3 Å². The molecule has 152 valence electrons. The van der Waals surface area contributed by atoms with Crippen molar-refractivity contribution < 1.29 is 50.3 Å². The van der Waals surface area contributed by atoms with E-state index in [0.717, 1.165) is 0 Å². The van der Waals surface area contributed by atoms with E-state index in [-0.39, 0.29) is 0 Å². The van der Waals surface area contributed by atoms with Crippen molar-refractivity contribution >= 4 is 33.3 Å². The molecule has 25 heavy (non-hydrogen) atoms. The van der Waals surface area contributed by atoms with Crippen LogP contribution in [0.4, 0.5) is 0 Å². The van der Waals surface area contributed by atoms with Gasteiger partial charge in [0.1, 0.15) is 0 Å². The van der Waals surface area contributed by atoms with Gasteiger partial charge in [-0.15, -0.1) is 0 Å². The first kappa shape index (κ1) is 26.3. The molecular weight excluding hydrogens is 432 g/mol. The third kappa shape index (κ3) is 16.0. The predicted molar refractivity (Wildman–Crippen MR) is 102 cm³/mol. The van der Waals surface area contributed by atoms with Crippen LogP contribution in [0.2, 0.25) is 78.6 Å². The molecule has 0 saturated heterocycles.